The van der Waals surface area contributed by atoms with E-state index in [0.29, 0.717) is 24.7 Å². The van der Waals surface area contributed by atoms with Gasteiger partial charge in [0.2, 0.25) is 0 Å². The number of hydrogen-bond donors (Lipinski definition) is 2. The molecule has 2 atom stereocenters. The Balaban J connectivity index is 2.17. The molecule has 0 aromatic carbocycles. The fraction of sp³-hybridized carbons (Fsp3) is 0.750. The molecule has 21 heavy (non-hydrogen) atoms. The number of rotatable bonds is 5. The van der Waals surface area contributed by atoms with Gasteiger partial charge in [0.25, 0.3) is 5.91 Å². The van der Waals surface area contributed by atoms with E-state index in [2.05, 4.69) is 17.3 Å². The molecule has 5 heteroatoms. The number of nitrogens with zero attached hydrogens (tertiary/aromatic N) is 2. The second kappa shape index (κ2) is 6.60. The molecular weight excluding hydrogens is 264 g/mol. The average molecular weight is 292 g/mol. The summed E-state index contributed by atoms with van der Waals surface area (Å²) in [7, 11) is 0. The fourth-order valence-electron chi connectivity index (χ4n) is 3.38. The molecule has 2 unspecified atom stereocenters. The second-order valence-electron chi connectivity index (χ2n) is 6.33. The minimum atomic E-state index is -0.246. The predicted molar refractivity (Wildman–Crippen MR) is 84.2 cm³/mol. The summed E-state index contributed by atoms with van der Waals surface area (Å²) in [6, 6.07) is 1.90. The summed E-state index contributed by atoms with van der Waals surface area (Å²) >= 11 is 0. The molecule has 1 amide bonds. The normalized spacial score (nSPS) is 25.8. The highest BCUT2D eigenvalue weighted by atomic mass is 16.2. The number of hydrogen-bond acceptors (Lipinski definition) is 3. The number of aryl methyl sites for hydroxylation is 2. The smallest absolute Gasteiger partial charge is 0.270 e. The molecule has 3 N–H and O–H groups in total. The zero-order valence-electron chi connectivity index (χ0n) is 13.5. The molecule has 0 aliphatic heterocycles. The molecule has 1 saturated carbocycles. The SMILES string of the molecule is CCc1cc(C(=O)NC2(CN)CCCC(C)C2)n(CC)n1. The number of carbonyl (C=O) groups is 1. The third-order valence-corrected chi connectivity index (χ3v) is 4.59. The average Bonchev–Trinajstić information content (AvgIpc) is 2.90. The van der Waals surface area contributed by atoms with Crippen LogP contribution in [-0.4, -0.2) is 27.8 Å². The van der Waals surface area contributed by atoms with Crippen molar-refractivity contribution in [3.05, 3.63) is 17.5 Å². The summed E-state index contributed by atoms with van der Waals surface area (Å²) in [5.41, 5.74) is 7.36. The van der Waals surface area contributed by atoms with Gasteiger partial charge >= 0.3 is 0 Å². The Hall–Kier alpha value is -1.36. The van der Waals surface area contributed by atoms with Crippen molar-refractivity contribution in [1.82, 2.24) is 15.1 Å². The lowest BCUT2D eigenvalue weighted by molar-refractivity contribution is 0.0843. The van der Waals surface area contributed by atoms with E-state index in [1.165, 1.54) is 6.42 Å². The summed E-state index contributed by atoms with van der Waals surface area (Å²) in [4.78, 5) is 12.7. The van der Waals surface area contributed by atoms with Gasteiger partial charge in [0.15, 0.2) is 0 Å². The van der Waals surface area contributed by atoms with Crippen LogP contribution in [0.4, 0.5) is 0 Å². The first-order valence-electron chi connectivity index (χ1n) is 8.13. The van der Waals surface area contributed by atoms with Crippen LogP contribution in [0, 0.1) is 5.92 Å². The number of nitrogens with two attached hydrogens (primary N) is 1. The first kappa shape index (κ1) is 16.0. The van der Waals surface area contributed by atoms with Gasteiger partial charge in [-0.15, -0.1) is 0 Å². The summed E-state index contributed by atoms with van der Waals surface area (Å²) in [6.45, 7) is 7.50. The van der Waals surface area contributed by atoms with Gasteiger partial charge in [0, 0.05) is 13.1 Å². The monoisotopic (exact) mass is 292 g/mol. The predicted octanol–water partition coefficient (Wildman–Crippen LogP) is 2.10. The van der Waals surface area contributed by atoms with Gasteiger partial charge < -0.3 is 11.1 Å². The first-order chi connectivity index (χ1) is 10.0. The Morgan fingerprint density at radius 1 is 1.57 bits per heavy atom. The van der Waals surface area contributed by atoms with Crippen molar-refractivity contribution in [1.29, 1.82) is 0 Å². The highest BCUT2D eigenvalue weighted by Crippen LogP contribution is 2.31. The fourth-order valence-corrected chi connectivity index (χ4v) is 3.38. The third-order valence-electron chi connectivity index (χ3n) is 4.59. The van der Waals surface area contributed by atoms with E-state index < -0.39 is 0 Å². The summed E-state index contributed by atoms with van der Waals surface area (Å²) in [5.74, 6) is 0.577. The Morgan fingerprint density at radius 3 is 2.90 bits per heavy atom. The van der Waals surface area contributed by atoms with Crippen LogP contribution in [0.5, 0.6) is 0 Å². The molecule has 0 saturated heterocycles. The highest BCUT2D eigenvalue weighted by Gasteiger charge is 2.35. The van der Waals surface area contributed by atoms with E-state index in [-0.39, 0.29) is 11.4 Å². The molecule has 5 nitrogen and oxygen atoms in total. The van der Waals surface area contributed by atoms with E-state index in [1.54, 1.807) is 4.68 Å². The van der Waals surface area contributed by atoms with Crippen molar-refractivity contribution >= 4 is 5.91 Å². The molecule has 1 aliphatic carbocycles. The van der Waals surface area contributed by atoms with Crippen molar-refractivity contribution in [2.45, 2.75) is 65.0 Å². The van der Waals surface area contributed by atoms with Gasteiger partial charge in [-0.2, -0.15) is 5.10 Å². The summed E-state index contributed by atoms with van der Waals surface area (Å²) < 4.78 is 1.78. The molecule has 1 fully saturated rings. The van der Waals surface area contributed by atoms with E-state index in [0.717, 1.165) is 31.4 Å². The number of aromatic nitrogens is 2. The van der Waals surface area contributed by atoms with Gasteiger partial charge in [-0.1, -0.05) is 26.7 Å². The molecule has 1 aromatic heterocycles. The van der Waals surface area contributed by atoms with Gasteiger partial charge in [0.05, 0.1) is 11.2 Å². The van der Waals surface area contributed by atoms with E-state index in [9.17, 15) is 4.79 Å². The van der Waals surface area contributed by atoms with Crippen molar-refractivity contribution in [3.63, 3.8) is 0 Å². The van der Waals surface area contributed by atoms with E-state index in [4.69, 9.17) is 5.73 Å². The van der Waals surface area contributed by atoms with Crippen LogP contribution >= 0.6 is 0 Å². The maximum absolute atomic E-state index is 12.7. The van der Waals surface area contributed by atoms with Crippen LogP contribution in [-0.2, 0) is 13.0 Å². The lowest BCUT2D eigenvalue weighted by Crippen LogP contribution is -2.56. The van der Waals surface area contributed by atoms with Crippen molar-refractivity contribution < 1.29 is 4.79 Å². The third kappa shape index (κ3) is 3.46. The largest absolute Gasteiger partial charge is 0.344 e. The van der Waals surface area contributed by atoms with Crippen molar-refractivity contribution in [2.75, 3.05) is 6.54 Å². The minimum absolute atomic E-state index is 0.0383. The summed E-state index contributed by atoms with van der Waals surface area (Å²) in [5, 5.41) is 7.67. The Bertz CT molecular complexity index is 496. The molecule has 1 aromatic rings. The maximum Gasteiger partial charge on any atom is 0.270 e. The molecule has 0 radical (unpaired) electrons. The van der Waals surface area contributed by atoms with E-state index >= 15 is 0 Å². The molecular formula is C16H28N4O. The standard InChI is InChI=1S/C16H28N4O/c1-4-13-9-14(20(5-2)19-13)15(21)18-16(11-17)8-6-7-12(3)10-16/h9,12H,4-8,10-11,17H2,1-3H3,(H,18,21). The van der Waals surface area contributed by atoms with Crippen molar-refractivity contribution in [3.8, 4) is 0 Å². The van der Waals surface area contributed by atoms with Crippen LogP contribution in [0.1, 0.15) is 62.6 Å². The van der Waals surface area contributed by atoms with Crippen LogP contribution < -0.4 is 11.1 Å². The second-order valence-corrected chi connectivity index (χ2v) is 6.33. The van der Waals surface area contributed by atoms with Gasteiger partial charge in [-0.05, 0) is 38.2 Å². The lowest BCUT2D eigenvalue weighted by atomic mass is 9.76. The molecule has 1 heterocycles. The molecule has 2 rings (SSSR count). The molecule has 118 valence electrons. The van der Waals surface area contributed by atoms with Crippen LogP contribution in [0.25, 0.3) is 0 Å². The highest BCUT2D eigenvalue weighted by molar-refractivity contribution is 5.93. The Labute approximate surface area is 127 Å². The van der Waals surface area contributed by atoms with Crippen LogP contribution in [0.15, 0.2) is 6.07 Å². The minimum Gasteiger partial charge on any atom is -0.344 e. The number of nitrogens with one attached hydrogen (secondary N) is 1. The van der Waals surface area contributed by atoms with E-state index in [1.807, 2.05) is 19.9 Å². The Morgan fingerprint density at radius 2 is 2.33 bits per heavy atom. The molecule has 1 aliphatic rings. The van der Waals surface area contributed by atoms with Crippen LogP contribution in [0.3, 0.4) is 0 Å². The van der Waals surface area contributed by atoms with Gasteiger partial charge in [-0.25, -0.2) is 0 Å². The zero-order chi connectivity index (χ0) is 15.5. The molecule has 0 spiro atoms. The van der Waals surface area contributed by atoms with Crippen LogP contribution in [0.2, 0.25) is 0 Å². The number of carbonyl (C=O) groups excluding carboxylic acids is 1. The maximum atomic E-state index is 12.7. The quantitative estimate of drug-likeness (QED) is 0.873. The lowest BCUT2D eigenvalue weighted by Gasteiger charge is -2.40. The molecule has 0 bridgehead atoms. The zero-order valence-corrected chi connectivity index (χ0v) is 13.5. The number of amides is 1. The van der Waals surface area contributed by atoms with Crippen molar-refractivity contribution in [2.24, 2.45) is 11.7 Å². The first-order valence-corrected chi connectivity index (χ1v) is 8.13. The summed E-state index contributed by atoms with van der Waals surface area (Å²) in [6.07, 6.45) is 5.14. The van der Waals surface area contributed by atoms with Gasteiger partial charge in [0.1, 0.15) is 5.69 Å². The Kier molecular flexibility index (Phi) is 5.04. The topological polar surface area (TPSA) is 72.9 Å². The van der Waals surface area contributed by atoms with Gasteiger partial charge in [-0.3, -0.25) is 9.48 Å².